The van der Waals surface area contributed by atoms with Gasteiger partial charge in [-0.1, -0.05) is 13.0 Å². The van der Waals surface area contributed by atoms with Gasteiger partial charge >= 0.3 is 0 Å². The van der Waals surface area contributed by atoms with Crippen LogP contribution in [-0.2, 0) is 16.6 Å². The van der Waals surface area contributed by atoms with Gasteiger partial charge in [-0.05, 0) is 37.1 Å². The monoisotopic (exact) mass is 383 g/mol. The highest BCUT2D eigenvalue weighted by molar-refractivity contribution is 7.91. The molecule has 3 rings (SSSR count). The Hall–Kier alpha value is -1.71. The van der Waals surface area contributed by atoms with E-state index in [2.05, 4.69) is 16.6 Å². The summed E-state index contributed by atoms with van der Waals surface area (Å²) in [5, 5.41) is 1.69. The van der Waals surface area contributed by atoms with Gasteiger partial charge in [0, 0.05) is 13.1 Å². The number of nitrogens with zero attached hydrogens (tertiary/aromatic N) is 2. The van der Waals surface area contributed by atoms with Crippen molar-refractivity contribution in [2.75, 3.05) is 13.1 Å². The molecule has 1 amide bonds. The summed E-state index contributed by atoms with van der Waals surface area (Å²) in [5.74, 6) is 1.07. The molecule has 0 aliphatic carbocycles. The summed E-state index contributed by atoms with van der Waals surface area (Å²) < 4.78 is 32.4. The highest BCUT2D eigenvalue weighted by Gasteiger charge is 2.26. The smallest absolute Gasteiger partial charge is 0.276 e. The summed E-state index contributed by atoms with van der Waals surface area (Å²) in [6.07, 6.45) is 1.96. The first-order chi connectivity index (χ1) is 11.9. The molecule has 136 valence electrons. The number of nitrogens with one attached hydrogen (secondary N) is 1. The number of sulfonamides is 1. The molecule has 3 heterocycles. The number of hydrogen-bond acceptors (Lipinski definition) is 6. The average molecular weight is 383 g/mol. The lowest BCUT2D eigenvalue weighted by Gasteiger charge is -2.29. The highest BCUT2D eigenvalue weighted by atomic mass is 32.2. The van der Waals surface area contributed by atoms with Gasteiger partial charge in [0.1, 0.15) is 9.97 Å². The molecule has 1 fully saturated rings. The molecule has 25 heavy (non-hydrogen) atoms. The standard InChI is InChI=1S/C16H21N3O4S2/c1-11-5-7-19(8-6-11)16(20)15-12(2)23-13(18-15)10-17-25(21,22)14-4-3-9-24-14/h3-4,9,11,17H,5-8,10H2,1-2H3. The van der Waals surface area contributed by atoms with Crippen molar-refractivity contribution in [2.24, 2.45) is 5.92 Å². The molecule has 9 heteroatoms. The molecule has 0 atom stereocenters. The second-order valence-corrected chi connectivity index (χ2v) is 9.19. The molecule has 1 saturated heterocycles. The molecular formula is C16H21N3O4S2. The van der Waals surface area contributed by atoms with Crippen LogP contribution in [0.4, 0.5) is 0 Å². The number of likely N-dealkylation sites (tertiary alicyclic amines) is 1. The van der Waals surface area contributed by atoms with Crippen LogP contribution in [-0.4, -0.2) is 37.3 Å². The maximum Gasteiger partial charge on any atom is 0.276 e. The maximum absolute atomic E-state index is 12.6. The fourth-order valence-electron chi connectivity index (χ4n) is 2.73. The van der Waals surface area contributed by atoms with E-state index in [0.29, 0.717) is 24.8 Å². The van der Waals surface area contributed by atoms with Gasteiger partial charge < -0.3 is 9.32 Å². The van der Waals surface area contributed by atoms with Crippen molar-refractivity contribution < 1.29 is 17.6 Å². The first-order valence-corrected chi connectivity index (χ1v) is 10.5. The molecule has 1 aliphatic rings. The van der Waals surface area contributed by atoms with Gasteiger partial charge in [0.05, 0.1) is 6.54 Å². The van der Waals surface area contributed by atoms with Crippen molar-refractivity contribution in [2.45, 2.75) is 37.4 Å². The summed E-state index contributed by atoms with van der Waals surface area (Å²) in [6, 6.07) is 3.20. The van der Waals surface area contributed by atoms with Gasteiger partial charge in [-0.2, -0.15) is 0 Å². The molecular weight excluding hydrogens is 362 g/mol. The van der Waals surface area contributed by atoms with E-state index in [4.69, 9.17) is 4.42 Å². The Kier molecular flexibility index (Phi) is 5.26. The Morgan fingerprint density at radius 2 is 2.16 bits per heavy atom. The van der Waals surface area contributed by atoms with Crippen molar-refractivity contribution in [3.05, 3.63) is 34.9 Å². The van der Waals surface area contributed by atoms with Crippen LogP contribution in [0.5, 0.6) is 0 Å². The zero-order valence-electron chi connectivity index (χ0n) is 14.2. The number of aromatic nitrogens is 1. The van der Waals surface area contributed by atoms with E-state index in [9.17, 15) is 13.2 Å². The third-order valence-electron chi connectivity index (χ3n) is 4.29. The van der Waals surface area contributed by atoms with Gasteiger partial charge in [-0.3, -0.25) is 4.79 Å². The SMILES string of the molecule is Cc1oc(CNS(=O)(=O)c2cccs2)nc1C(=O)N1CCC(C)CC1. The van der Waals surface area contributed by atoms with Gasteiger partial charge in [-0.15, -0.1) is 11.3 Å². The third-order valence-corrected chi connectivity index (χ3v) is 7.09. The molecule has 0 radical (unpaired) electrons. The Bertz CT molecular complexity index is 835. The van der Waals surface area contributed by atoms with Crippen LogP contribution in [0.15, 0.2) is 26.1 Å². The first kappa shape index (κ1) is 18.1. The minimum Gasteiger partial charge on any atom is -0.444 e. The number of piperidine rings is 1. The van der Waals surface area contributed by atoms with Gasteiger partial charge in [0.25, 0.3) is 15.9 Å². The van der Waals surface area contributed by atoms with E-state index in [1.54, 1.807) is 23.3 Å². The third kappa shape index (κ3) is 4.10. The molecule has 7 nitrogen and oxygen atoms in total. The largest absolute Gasteiger partial charge is 0.444 e. The molecule has 2 aromatic rings. The minimum atomic E-state index is -3.59. The van der Waals surface area contributed by atoms with Crippen molar-refractivity contribution in [3.8, 4) is 0 Å². The van der Waals surface area contributed by atoms with Crippen LogP contribution in [0.1, 0.15) is 41.9 Å². The Balaban J connectivity index is 1.67. The van der Waals surface area contributed by atoms with Crippen LogP contribution in [0, 0.1) is 12.8 Å². The van der Waals surface area contributed by atoms with Crippen molar-refractivity contribution >= 4 is 27.3 Å². The summed E-state index contributed by atoms with van der Waals surface area (Å²) in [4.78, 5) is 18.6. The Morgan fingerprint density at radius 1 is 1.44 bits per heavy atom. The summed E-state index contributed by atoms with van der Waals surface area (Å²) in [6.45, 7) is 5.19. The lowest BCUT2D eigenvalue weighted by molar-refractivity contribution is 0.0690. The normalized spacial score (nSPS) is 16.3. The molecule has 0 aromatic carbocycles. The van der Waals surface area contributed by atoms with Gasteiger partial charge in [0.2, 0.25) is 5.89 Å². The number of oxazole rings is 1. The highest BCUT2D eigenvalue weighted by Crippen LogP contribution is 2.20. The van der Waals surface area contributed by atoms with Crippen LogP contribution >= 0.6 is 11.3 Å². The Morgan fingerprint density at radius 3 is 2.80 bits per heavy atom. The predicted molar refractivity (Wildman–Crippen MR) is 93.9 cm³/mol. The number of rotatable bonds is 5. The summed E-state index contributed by atoms with van der Waals surface area (Å²) in [5.41, 5.74) is 0.264. The van der Waals surface area contributed by atoms with E-state index in [1.165, 1.54) is 6.07 Å². The fraction of sp³-hybridized carbons (Fsp3) is 0.500. The molecule has 0 saturated carbocycles. The molecule has 2 aromatic heterocycles. The summed E-state index contributed by atoms with van der Waals surface area (Å²) in [7, 11) is -3.59. The number of thiophene rings is 1. The quantitative estimate of drug-likeness (QED) is 0.856. The van der Waals surface area contributed by atoms with Crippen molar-refractivity contribution in [1.29, 1.82) is 0 Å². The zero-order chi connectivity index (χ0) is 18.0. The maximum atomic E-state index is 12.6. The number of carbonyl (C=O) groups excluding carboxylic acids is 1. The molecule has 0 spiro atoms. The molecule has 1 aliphatic heterocycles. The van der Waals surface area contributed by atoms with Gasteiger partial charge in [-0.25, -0.2) is 18.1 Å². The lowest BCUT2D eigenvalue weighted by atomic mass is 9.99. The lowest BCUT2D eigenvalue weighted by Crippen LogP contribution is -2.38. The second kappa shape index (κ2) is 7.27. The number of hydrogen-bond donors (Lipinski definition) is 1. The van der Waals surface area contributed by atoms with Crippen LogP contribution in [0.3, 0.4) is 0 Å². The van der Waals surface area contributed by atoms with E-state index in [0.717, 1.165) is 24.2 Å². The zero-order valence-corrected chi connectivity index (χ0v) is 15.8. The first-order valence-electron chi connectivity index (χ1n) is 8.15. The molecule has 0 unspecified atom stereocenters. The van der Waals surface area contributed by atoms with E-state index < -0.39 is 10.0 Å². The van der Waals surface area contributed by atoms with E-state index in [1.807, 2.05) is 0 Å². The molecule has 1 N–H and O–H groups in total. The van der Waals surface area contributed by atoms with Crippen LogP contribution in [0.2, 0.25) is 0 Å². The van der Waals surface area contributed by atoms with Crippen LogP contribution in [0.25, 0.3) is 0 Å². The molecule has 0 bridgehead atoms. The van der Waals surface area contributed by atoms with E-state index in [-0.39, 0.29) is 28.2 Å². The van der Waals surface area contributed by atoms with Crippen LogP contribution < -0.4 is 4.72 Å². The Labute approximate surface area is 151 Å². The number of carbonyl (C=O) groups is 1. The number of aryl methyl sites for hydroxylation is 1. The fourth-order valence-corrected chi connectivity index (χ4v) is 4.74. The van der Waals surface area contributed by atoms with Gasteiger partial charge in [0.15, 0.2) is 5.69 Å². The van der Waals surface area contributed by atoms with E-state index >= 15 is 0 Å². The summed E-state index contributed by atoms with van der Waals surface area (Å²) >= 11 is 1.13. The topological polar surface area (TPSA) is 92.5 Å². The predicted octanol–water partition coefficient (Wildman–Crippen LogP) is 2.40. The average Bonchev–Trinajstić information content (AvgIpc) is 3.23. The van der Waals surface area contributed by atoms with Crippen molar-refractivity contribution in [3.63, 3.8) is 0 Å². The number of amides is 1. The second-order valence-electron chi connectivity index (χ2n) is 6.24. The van der Waals surface area contributed by atoms with Crippen molar-refractivity contribution in [1.82, 2.24) is 14.6 Å². The minimum absolute atomic E-state index is 0.0919.